The van der Waals surface area contributed by atoms with E-state index in [2.05, 4.69) is 143 Å². The molecule has 424 valence electrons. The molecule has 80 heavy (non-hydrogen) atoms. The van der Waals surface area contributed by atoms with E-state index in [1.165, 1.54) is 53.9 Å². The van der Waals surface area contributed by atoms with Crippen molar-refractivity contribution in [2.24, 2.45) is 7.05 Å². The Morgan fingerprint density at radius 1 is 0.463 bits per heavy atom. The largest absolute Gasteiger partial charge is 0.472 e. The first kappa shape index (κ1) is 67.5. The van der Waals surface area contributed by atoms with Crippen molar-refractivity contribution in [2.75, 3.05) is 0 Å². The van der Waals surface area contributed by atoms with E-state index in [0.717, 1.165) is 40.1 Å². The second kappa shape index (κ2) is 42.4. The van der Waals surface area contributed by atoms with Crippen LogP contribution in [0.3, 0.4) is 0 Å². The molecule has 0 aliphatic rings. The van der Waals surface area contributed by atoms with Gasteiger partial charge in [0.25, 0.3) is 0 Å². The van der Waals surface area contributed by atoms with Gasteiger partial charge in [0, 0.05) is 68.4 Å². The molecule has 0 aliphatic carbocycles. The topological polar surface area (TPSA) is 187 Å². The lowest BCUT2D eigenvalue weighted by Crippen LogP contribution is -1.75. The fourth-order valence-electron chi connectivity index (χ4n) is 5.09. The molecule has 1 aromatic carbocycles. The van der Waals surface area contributed by atoms with Crippen LogP contribution in [0.5, 0.6) is 0 Å². The molecule has 13 rings (SSSR count). The zero-order valence-electron chi connectivity index (χ0n) is 48.2. The third kappa shape index (κ3) is 37.2. The van der Waals surface area contributed by atoms with Gasteiger partial charge in [0.15, 0.2) is 18.7 Å². The molecule has 0 spiro atoms. The number of hydrogen-bond donors (Lipinski definition) is 0. The summed E-state index contributed by atoms with van der Waals surface area (Å²) in [6.07, 6.45) is 24.7. The molecule has 18 heteroatoms. The Kier molecular flexibility index (Phi) is 35.8. The molecule has 0 fully saturated rings. The highest BCUT2D eigenvalue weighted by Crippen LogP contribution is 2.27. The number of aromatic nitrogens is 7. The zero-order chi connectivity index (χ0) is 58.6. The van der Waals surface area contributed by atoms with Crippen molar-refractivity contribution in [2.45, 2.75) is 90.0 Å². The number of rotatable bonds is 1. The Morgan fingerprint density at radius 3 is 1.41 bits per heavy atom. The monoisotopic (exact) mass is 1140 g/mol. The van der Waals surface area contributed by atoms with Gasteiger partial charge in [0.05, 0.1) is 55.0 Å². The fourth-order valence-corrected chi connectivity index (χ4v) is 7.44. The highest BCUT2D eigenvalue weighted by Gasteiger charge is 1.98. The Hall–Kier alpha value is -8.58. The van der Waals surface area contributed by atoms with Gasteiger partial charge < -0.3 is 40.2 Å². The standard InChI is InChI=1S/C11H10S.2C6H8S.C5H7N.2C5H6O.6C4H5NO/c1-9-7-8-11(12-9)10-5-3-2-4-6-10;1-5-3-6(2)7-4-5;1-5-3-4-6(2)7-5;1-6-4-2-3-5-6;1-5-2-3-6-4-5;1-5-3-2-4-6-5;1-4-2-6-3-5-4;1-4-2-5-3-6-4;1-4-2-5-6-3-4;1-4-5-2-3-6-4;1-4-2-3-6-5-4;1-4-2-3-5-6-4/h2-8H,1H3;2*3-4H,1-2H3;2-5H,1H3;2*2-4H,1H3;6*2-3H,1H3. The molecule has 0 aliphatic heterocycles. The normalized spacial score (nSPS) is 9.12. The lowest BCUT2D eigenvalue weighted by atomic mass is 10.2. The number of aryl methyl sites for hydroxylation is 14. The molecule has 0 saturated carbocycles. The average Bonchev–Trinajstić information content (AvgIpc) is 4.25. The Bertz CT molecular complexity index is 2700. The molecule has 0 atom stereocenters. The predicted molar refractivity (Wildman–Crippen MR) is 322 cm³/mol. The maximum Gasteiger partial charge on any atom is 0.190 e. The molecule has 0 radical (unpaired) electrons. The van der Waals surface area contributed by atoms with E-state index in [1.54, 1.807) is 99.0 Å². The zero-order valence-corrected chi connectivity index (χ0v) is 50.6. The lowest BCUT2D eigenvalue weighted by molar-refractivity contribution is 0.397. The van der Waals surface area contributed by atoms with Crippen LogP contribution in [-0.2, 0) is 7.05 Å². The van der Waals surface area contributed by atoms with Crippen LogP contribution in [0.1, 0.15) is 70.8 Å². The minimum atomic E-state index is 0.718. The van der Waals surface area contributed by atoms with Crippen LogP contribution in [-0.4, -0.2) is 35.0 Å². The first-order chi connectivity index (χ1) is 38.5. The summed E-state index contributed by atoms with van der Waals surface area (Å²) in [5.41, 5.74) is 6.79. The summed E-state index contributed by atoms with van der Waals surface area (Å²) in [4.78, 5) is 18.1. The van der Waals surface area contributed by atoms with Crippen molar-refractivity contribution in [3.05, 3.63) is 273 Å². The molecular formula is C62H75N7O8S3. The van der Waals surface area contributed by atoms with Crippen LogP contribution < -0.4 is 0 Å². The minimum Gasteiger partial charge on any atom is -0.472 e. The van der Waals surface area contributed by atoms with Crippen LogP contribution in [0, 0.1) is 90.0 Å². The number of nitrogens with zero attached hydrogens (tertiary/aromatic N) is 7. The summed E-state index contributed by atoms with van der Waals surface area (Å²) in [5, 5.41) is 12.6. The summed E-state index contributed by atoms with van der Waals surface area (Å²) < 4.78 is 39.1. The quantitative estimate of drug-likeness (QED) is 0.151. The summed E-state index contributed by atoms with van der Waals surface area (Å²) in [7, 11) is 2.00. The maximum absolute atomic E-state index is 4.83. The number of furan rings is 2. The van der Waals surface area contributed by atoms with Gasteiger partial charge in [-0.2, -0.15) is 0 Å². The lowest BCUT2D eigenvalue weighted by Gasteiger charge is -1.93. The van der Waals surface area contributed by atoms with Gasteiger partial charge in [0.2, 0.25) is 0 Å². The molecule has 0 bridgehead atoms. The molecular weight excluding hydrogens is 1070 g/mol. The van der Waals surface area contributed by atoms with Crippen molar-refractivity contribution in [1.82, 2.24) is 35.0 Å². The number of hydrogen-bond acceptors (Lipinski definition) is 17. The van der Waals surface area contributed by atoms with Crippen molar-refractivity contribution in [1.29, 1.82) is 0 Å². The smallest absolute Gasteiger partial charge is 0.190 e. The first-order valence-electron chi connectivity index (χ1n) is 24.9. The van der Waals surface area contributed by atoms with E-state index in [1.807, 2.05) is 132 Å². The Morgan fingerprint density at radius 2 is 1.19 bits per heavy atom. The summed E-state index contributed by atoms with van der Waals surface area (Å²) >= 11 is 5.49. The highest BCUT2D eigenvalue weighted by atomic mass is 32.1. The fraction of sp³-hybridized carbons (Fsp3) is 0.226. The van der Waals surface area contributed by atoms with Crippen LogP contribution in [0.15, 0.2) is 238 Å². The van der Waals surface area contributed by atoms with Crippen LogP contribution in [0.2, 0.25) is 0 Å². The second-order valence-electron chi connectivity index (χ2n) is 16.8. The maximum atomic E-state index is 4.83. The molecule has 12 heterocycles. The van der Waals surface area contributed by atoms with Crippen molar-refractivity contribution < 1.29 is 35.7 Å². The third-order valence-corrected chi connectivity index (χ3v) is 11.9. The van der Waals surface area contributed by atoms with Crippen LogP contribution >= 0.6 is 34.0 Å². The molecule has 0 saturated heterocycles. The van der Waals surface area contributed by atoms with E-state index in [9.17, 15) is 0 Å². The molecule has 13 aromatic rings. The van der Waals surface area contributed by atoms with Crippen molar-refractivity contribution >= 4 is 34.0 Å². The number of thiophene rings is 3. The van der Waals surface area contributed by atoms with Gasteiger partial charge in [-0.25, -0.2) is 15.0 Å². The van der Waals surface area contributed by atoms with Crippen LogP contribution in [0.25, 0.3) is 10.4 Å². The molecule has 12 aromatic heterocycles. The van der Waals surface area contributed by atoms with Gasteiger partial charge in [-0.1, -0.05) is 45.8 Å². The van der Waals surface area contributed by atoms with E-state index >= 15 is 0 Å². The number of benzene rings is 1. The van der Waals surface area contributed by atoms with Gasteiger partial charge in [-0.05, 0) is 166 Å². The van der Waals surface area contributed by atoms with Crippen LogP contribution in [0.4, 0.5) is 0 Å². The third-order valence-electron chi connectivity index (χ3n) is 8.97. The van der Waals surface area contributed by atoms with E-state index in [-0.39, 0.29) is 0 Å². The van der Waals surface area contributed by atoms with Gasteiger partial charge in [-0.15, -0.1) is 34.0 Å². The number of oxazole rings is 3. The van der Waals surface area contributed by atoms with Gasteiger partial charge in [-0.3, -0.25) is 0 Å². The summed E-state index contributed by atoms with van der Waals surface area (Å²) in [5.74, 6) is 3.40. The first-order valence-corrected chi connectivity index (χ1v) is 27.4. The summed E-state index contributed by atoms with van der Waals surface area (Å²) in [6, 6.07) is 34.6. The Labute approximate surface area is 482 Å². The van der Waals surface area contributed by atoms with E-state index < -0.39 is 0 Å². The molecule has 0 N–H and O–H groups in total. The van der Waals surface area contributed by atoms with Gasteiger partial charge in [0.1, 0.15) is 42.3 Å². The Balaban J connectivity index is 0.000000300. The predicted octanol–water partition coefficient (Wildman–Crippen LogP) is 18.6. The van der Waals surface area contributed by atoms with E-state index in [4.69, 9.17) is 17.7 Å². The van der Waals surface area contributed by atoms with Gasteiger partial charge >= 0.3 is 0 Å². The van der Waals surface area contributed by atoms with Crippen molar-refractivity contribution in [3.63, 3.8) is 0 Å². The van der Waals surface area contributed by atoms with Crippen molar-refractivity contribution in [3.8, 4) is 10.4 Å². The average molecular weight is 1140 g/mol. The molecule has 0 amide bonds. The minimum absolute atomic E-state index is 0.718. The van der Waals surface area contributed by atoms with E-state index in [0.29, 0.717) is 0 Å². The SMILES string of the molecule is Cc1ccc(-c2ccccc2)s1.Cc1ccc(C)s1.Cc1ccco1.Cc1ccno1.Cc1ccoc1.Cc1ccon1.Cc1cnco1.Cc1cnoc1.Cc1cocn1.Cc1csc(C)c1.Cc1ncco1.Cn1cccc1. The summed E-state index contributed by atoms with van der Waals surface area (Å²) in [6.45, 7) is 25.7. The molecule has 0 unspecified atom stereocenters. The highest BCUT2D eigenvalue weighted by molar-refractivity contribution is 7.15. The molecule has 15 nitrogen and oxygen atoms in total. The second-order valence-corrected chi connectivity index (χ2v) is 20.7.